The molecule has 0 aromatic carbocycles. The van der Waals surface area contributed by atoms with Gasteiger partial charge in [-0.1, -0.05) is 0 Å². The molecule has 5 heteroatoms. The fraction of sp³-hybridized carbons (Fsp3) is 0.529. The van der Waals surface area contributed by atoms with Crippen molar-refractivity contribution in [3.8, 4) is 0 Å². The third kappa shape index (κ3) is 3.47. The second-order valence-corrected chi connectivity index (χ2v) is 7.17. The highest BCUT2D eigenvalue weighted by Gasteiger charge is 2.25. The number of likely N-dealkylation sites (N-methyl/N-ethyl adjacent to an activating group) is 1. The fourth-order valence-corrected chi connectivity index (χ4v) is 3.98. The van der Waals surface area contributed by atoms with E-state index in [4.69, 9.17) is 0 Å². The lowest BCUT2D eigenvalue weighted by molar-refractivity contribution is 0.199. The Bertz CT molecular complexity index is 625. The molecule has 22 heavy (non-hydrogen) atoms. The molecular weight excluding hydrogens is 292 g/mol. The highest BCUT2D eigenvalue weighted by molar-refractivity contribution is 7.10. The van der Waals surface area contributed by atoms with Crippen LogP contribution in [-0.4, -0.2) is 41.0 Å². The minimum atomic E-state index is 0.496. The van der Waals surface area contributed by atoms with Gasteiger partial charge in [-0.3, -0.25) is 4.90 Å². The van der Waals surface area contributed by atoms with Crippen LogP contribution in [0.15, 0.2) is 23.7 Å². The van der Waals surface area contributed by atoms with E-state index >= 15 is 0 Å². The zero-order valence-corrected chi connectivity index (χ0v) is 14.4. The van der Waals surface area contributed by atoms with E-state index in [0.29, 0.717) is 6.04 Å². The average molecular weight is 316 g/mol. The van der Waals surface area contributed by atoms with Crippen LogP contribution in [-0.2, 0) is 6.54 Å². The van der Waals surface area contributed by atoms with Crippen LogP contribution in [0.1, 0.15) is 29.0 Å². The summed E-state index contributed by atoms with van der Waals surface area (Å²) < 4.78 is 0. The SMILES string of the molecule is Cc1ccnc(N(C)C2CCCN(Cc3sccc3C)C2)n1. The lowest BCUT2D eigenvalue weighted by Gasteiger charge is -2.37. The highest BCUT2D eigenvalue weighted by atomic mass is 32.1. The first-order valence-electron chi connectivity index (χ1n) is 7.91. The van der Waals surface area contributed by atoms with Crippen molar-refractivity contribution in [1.82, 2.24) is 14.9 Å². The number of piperidine rings is 1. The first kappa shape index (κ1) is 15.4. The number of anilines is 1. The van der Waals surface area contributed by atoms with Crippen LogP contribution >= 0.6 is 11.3 Å². The third-order valence-corrected chi connectivity index (χ3v) is 5.47. The van der Waals surface area contributed by atoms with Crippen molar-refractivity contribution < 1.29 is 0 Å². The minimum Gasteiger partial charge on any atom is -0.340 e. The van der Waals surface area contributed by atoms with Gasteiger partial charge in [-0.05, 0) is 56.3 Å². The lowest BCUT2D eigenvalue weighted by atomic mass is 10.0. The fourth-order valence-electron chi connectivity index (χ4n) is 3.03. The van der Waals surface area contributed by atoms with Crippen molar-refractivity contribution in [3.05, 3.63) is 39.8 Å². The first-order valence-corrected chi connectivity index (χ1v) is 8.79. The molecule has 2 aromatic heterocycles. The summed E-state index contributed by atoms with van der Waals surface area (Å²) in [5.41, 5.74) is 2.45. The molecule has 0 aliphatic carbocycles. The van der Waals surface area contributed by atoms with Crippen molar-refractivity contribution in [2.75, 3.05) is 25.0 Å². The molecule has 0 saturated carbocycles. The molecule has 3 heterocycles. The summed E-state index contributed by atoms with van der Waals surface area (Å²) in [6.07, 6.45) is 4.31. The number of thiophene rings is 1. The standard InChI is InChI=1S/C17H24N4S/c1-13-7-10-22-16(13)12-21-9-4-5-15(11-21)20(3)17-18-8-6-14(2)19-17/h6-8,10,15H,4-5,9,11-12H2,1-3H3. The number of aryl methyl sites for hydroxylation is 2. The van der Waals surface area contributed by atoms with Gasteiger partial charge in [-0.15, -0.1) is 11.3 Å². The number of hydrogen-bond donors (Lipinski definition) is 0. The van der Waals surface area contributed by atoms with Gasteiger partial charge < -0.3 is 4.90 Å². The maximum absolute atomic E-state index is 4.56. The van der Waals surface area contributed by atoms with Crippen LogP contribution < -0.4 is 4.90 Å². The van der Waals surface area contributed by atoms with Gasteiger partial charge in [0.25, 0.3) is 0 Å². The predicted octanol–water partition coefficient (Wildman–Crippen LogP) is 3.26. The van der Waals surface area contributed by atoms with E-state index in [9.17, 15) is 0 Å². The smallest absolute Gasteiger partial charge is 0.225 e. The minimum absolute atomic E-state index is 0.496. The van der Waals surface area contributed by atoms with E-state index in [2.05, 4.69) is 45.2 Å². The summed E-state index contributed by atoms with van der Waals surface area (Å²) in [5, 5.41) is 2.19. The van der Waals surface area contributed by atoms with Crippen molar-refractivity contribution in [1.29, 1.82) is 0 Å². The maximum Gasteiger partial charge on any atom is 0.225 e. The Balaban J connectivity index is 1.66. The topological polar surface area (TPSA) is 32.3 Å². The molecule has 0 bridgehead atoms. The Hall–Kier alpha value is -1.46. The summed E-state index contributed by atoms with van der Waals surface area (Å²) in [6, 6.07) is 4.66. The van der Waals surface area contributed by atoms with E-state index < -0.39 is 0 Å². The summed E-state index contributed by atoms with van der Waals surface area (Å²) >= 11 is 1.87. The Kier molecular flexibility index (Phi) is 4.74. The molecule has 1 unspecified atom stereocenters. The first-order chi connectivity index (χ1) is 10.6. The van der Waals surface area contributed by atoms with Crippen molar-refractivity contribution in [2.45, 2.75) is 39.3 Å². The van der Waals surface area contributed by atoms with Crippen molar-refractivity contribution >= 4 is 17.3 Å². The number of nitrogens with zero attached hydrogens (tertiary/aromatic N) is 4. The number of aromatic nitrogens is 2. The van der Waals surface area contributed by atoms with E-state index in [1.54, 1.807) is 0 Å². The monoisotopic (exact) mass is 316 g/mol. The molecule has 0 spiro atoms. The molecule has 1 aliphatic heterocycles. The summed E-state index contributed by atoms with van der Waals surface area (Å²) in [6.45, 7) is 7.58. The van der Waals surface area contributed by atoms with Crippen LogP contribution in [0.3, 0.4) is 0 Å². The van der Waals surface area contributed by atoms with Gasteiger partial charge in [0.05, 0.1) is 0 Å². The average Bonchev–Trinajstić information content (AvgIpc) is 2.92. The van der Waals surface area contributed by atoms with Gasteiger partial charge in [0, 0.05) is 42.9 Å². The summed E-state index contributed by atoms with van der Waals surface area (Å²) in [5.74, 6) is 0.846. The zero-order chi connectivity index (χ0) is 15.5. The van der Waals surface area contributed by atoms with E-state index in [-0.39, 0.29) is 0 Å². The molecule has 0 radical (unpaired) electrons. The van der Waals surface area contributed by atoms with Crippen molar-refractivity contribution in [3.63, 3.8) is 0 Å². The Morgan fingerprint density at radius 3 is 2.95 bits per heavy atom. The van der Waals surface area contributed by atoms with Gasteiger partial charge in [0.15, 0.2) is 0 Å². The normalized spacial score (nSPS) is 19.3. The second kappa shape index (κ2) is 6.75. The van der Waals surface area contributed by atoms with Crippen LogP contribution in [0, 0.1) is 13.8 Å². The molecule has 4 nitrogen and oxygen atoms in total. The van der Waals surface area contributed by atoms with Crippen LogP contribution in [0.25, 0.3) is 0 Å². The zero-order valence-electron chi connectivity index (χ0n) is 13.6. The molecular formula is C17H24N4S. The molecule has 3 rings (SSSR count). The Morgan fingerprint density at radius 1 is 1.36 bits per heavy atom. The molecule has 1 atom stereocenters. The maximum atomic E-state index is 4.56. The summed E-state index contributed by atoms with van der Waals surface area (Å²) in [4.78, 5) is 15.3. The van der Waals surface area contributed by atoms with Gasteiger partial charge in [0.1, 0.15) is 0 Å². The molecule has 118 valence electrons. The van der Waals surface area contributed by atoms with E-state index in [1.807, 2.05) is 30.5 Å². The van der Waals surface area contributed by atoms with Crippen LogP contribution in [0.4, 0.5) is 5.95 Å². The van der Waals surface area contributed by atoms with Crippen molar-refractivity contribution in [2.24, 2.45) is 0 Å². The Morgan fingerprint density at radius 2 is 2.23 bits per heavy atom. The largest absolute Gasteiger partial charge is 0.340 e. The molecule has 2 aromatic rings. The molecule has 0 N–H and O–H groups in total. The number of rotatable bonds is 4. The van der Waals surface area contributed by atoms with Crippen LogP contribution in [0.2, 0.25) is 0 Å². The Labute approximate surface area is 136 Å². The molecule has 0 amide bonds. The molecule has 1 fully saturated rings. The summed E-state index contributed by atoms with van der Waals surface area (Å²) in [7, 11) is 2.12. The van der Waals surface area contributed by atoms with Gasteiger partial charge in [-0.2, -0.15) is 0 Å². The number of likely N-dealkylation sites (tertiary alicyclic amines) is 1. The van der Waals surface area contributed by atoms with Crippen LogP contribution in [0.5, 0.6) is 0 Å². The highest BCUT2D eigenvalue weighted by Crippen LogP contribution is 2.23. The molecule has 1 saturated heterocycles. The number of hydrogen-bond acceptors (Lipinski definition) is 5. The quantitative estimate of drug-likeness (QED) is 0.867. The predicted molar refractivity (Wildman–Crippen MR) is 92.5 cm³/mol. The molecule has 1 aliphatic rings. The third-order valence-electron chi connectivity index (χ3n) is 4.46. The van der Waals surface area contributed by atoms with E-state index in [1.165, 1.54) is 29.8 Å². The van der Waals surface area contributed by atoms with Gasteiger partial charge >= 0.3 is 0 Å². The van der Waals surface area contributed by atoms with E-state index in [0.717, 1.165) is 24.7 Å². The van der Waals surface area contributed by atoms with Gasteiger partial charge in [-0.25, -0.2) is 9.97 Å². The lowest BCUT2D eigenvalue weighted by Crippen LogP contribution is -2.46. The second-order valence-electron chi connectivity index (χ2n) is 6.17. The van der Waals surface area contributed by atoms with Gasteiger partial charge in [0.2, 0.25) is 5.95 Å².